The van der Waals surface area contributed by atoms with Crippen molar-refractivity contribution in [3.63, 3.8) is 0 Å². The SMILES string of the molecule is NC1=Nc2ccccc2S(=O)(=O)N1Cc1ccc(C(=O)Nc2ccccc2N)cc1. The molecule has 4 rings (SSSR count). The molecule has 1 amide bonds. The molecular formula is C21H19N5O3S. The first-order valence-electron chi connectivity index (χ1n) is 9.07. The van der Waals surface area contributed by atoms with Crippen LogP contribution >= 0.6 is 0 Å². The van der Waals surface area contributed by atoms with E-state index in [-0.39, 0.29) is 23.3 Å². The number of sulfonamides is 1. The van der Waals surface area contributed by atoms with Gasteiger partial charge in [0.25, 0.3) is 15.9 Å². The third-order valence-corrected chi connectivity index (χ3v) is 6.47. The van der Waals surface area contributed by atoms with Crippen LogP contribution in [0.5, 0.6) is 0 Å². The normalized spacial score (nSPS) is 14.5. The van der Waals surface area contributed by atoms with Crippen LogP contribution in [-0.4, -0.2) is 24.6 Å². The number of rotatable bonds is 4. The lowest BCUT2D eigenvalue weighted by Gasteiger charge is -2.27. The summed E-state index contributed by atoms with van der Waals surface area (Å²) in [4.78, 5) is 16.7. The van der Waals surface area contributed by atoms with Crippen LogP contribution in [0.2, 0.25) is 0 Å². The van der Waals surface area contributed by atoms with Gasteiger partial charge < -0.3 is 16.8 Å². The van der Waals surface area contributed by atoms with Gasteiger partial charge in [-0.3, -0.25) is 4.79 Å². The van der Waals surface area contributed by atoms with E-state index < -0.39 is 10.0 Å². The number of anilines is 2. The summed E-state index contributed by atoms with van der Waals surface area (Å²) in [5, 5.41) is 2.75. The second-order valence-corrected chi connectivity index (χ2v) is 8.52. The van der Waals surface area contributed by atoms with Gasteiger partial charge in [0.05, 0.1) is 23.6 Å². The van der Waals surface area contributed by atoms with E-state index in [1.54, 1.807) is 66.7 Å². The van der Waals surface area contributed by atoms with Crippen LogP contribution in [0, 0.1) is 0 Å². The monoisotopic (exact) mass is 421 g/mol. The average molecular weight is 421 g/mol. The van der Waals surface area contributed by atoms with Crippen molar-refractivity contribution in [1.29, 1.82) is 0 Å². The summed E-state index contributed by atoms with van der Waals surface area (Å²) in [6.07, 6.45) is 0. The topological polar surface area (TPSA) is 131 Å². The summed E-state index contributed by atoms with van der Waals surface area (Å²) >= 11 is 0. The van der Waals surface area contributed by atoms with Gasteiger partial charge in [0.2, 0.25) is 5.96 Å². The van der Waals surface area contributed by atoms with Gasteiger partial charge in [-0.05, 0) is 42.0 Å². The smallest absolute Gasteiger partial charge is 0.269 e. The largest absolute Gasteiger partial charge is 0.397 e. The number of carbonyl (C=O) groups excluding carboxylic acids is 1. The summed E-state index contributed by atoms with van der Waals surface area (Å²) in [5.41, 5.74) is 14.1. The van der Waals surface area contributed by atoms with Crippen molar-refractivity contribution in [2.45, 2.75) is 11.4 Å². The molecule has 152 valence electrons. The maximum absolute atomic E-state index is 12.9. The molecule has 8 nitrogen and oxygen atoms in total. The van der Waals surface area contributed by atoms with E-state index in [0.717, 1.165) is 4.31 Å². The number of hydrogen-bond donors (Lipinski definition) is 3. The zero-order valence-electron chi connectivity index (χ0n) is 15.8. The Balaban J connectivity index is 1.53. The molecule has 1 aliphatic rings. The highest BCUT2D eigenvalue weighted by Gasteiger charge is 2.32. The minimum atomic E-state index is -3.82. The molecule has 0 saturated heterocycles. The first kappa shape index (κ1) is 19.5. The zero-order valence-corrected chi connectivity index (χ0v) is 16.6. The maximum atomic E-state index is 12.9. The van der Waals surface area contributed by atoms with Gasteiger partial charge in [-0.1, -0.05) is 36.4 Å². The minimum absolute atomic E-state index is 0.000463. The Kier molecular flexibility index (Phi) is 4.88. The molecule has 3 aromatic rings. The quantitative estimate of drug-likeness (QED) is 0.558. The minimum Gasteiger partial charge on any atom is -0.397 e. The van der Waals surface area contributed by atoms with Gasteiger partial charge in [-0.2, -0.15) is 0 Å². The number of guanidine groups is 1. The van der Waals surface area contributed by atoms with Gasteiger partial charge in [0.15, 0.2) is 0 Å². The number of carbonyl (C=O) groups is 1. The van der Waals surface area contributed by atoms with E-state index in [0.29, 0.717) is 28.2 Å². The molecule has 0 aromatic heterocycles. The summed E-state index contributed by atoms with van der Waals surface area (Å²) in [7, 11) is -3.82. The second-order valence-electron chi connectivity index (χ2n) is 6.69. The van der Waals surface area contributed by atoms with E-state index in [1.807, 2.05) is 0 Å². The molecule has 1 heterocycles. The Labute approximate surface area is 173 Å². The average Bonchev–Trinajstić information content (AvgIpc) is 2.73. The lowest BCUT2D eigenvalue weighted by molar-refractivity contribution is 0.102. The predicted molar refractivity (Wildman–Crippen MR) is 116 cm³/mol. The number of nitrogens with zero attached hydrogens (tertiary/aromatic N) is 2. The maximum Gasteiger partial charge on any atom is 0.269 e. The molecule has 0 fully saturated rings. The number of benzene rings is 3. The van der Waals surface area contributed by atoms with Gasteiger partial charge >= 0.3 is 0 Å². The highest BCUT2D eigenvalue weighted by Crippen LogP contribution is 2.32. The first-order chi connectivity index (χ1) is 14.4. The molecule has 0 saturated carbocycles. The Hall–Kier alpha value is -3.85. The summed E-state index contributed by atoms with van der Waals surface area (Å²) in [6, 6.07) is 20.0. The summed E-state index contributed by atoms with van der Waals surface area (Å²) < 4.78 is 26.9. The molecule has 0 bridgehead atoms. The van der Waals surface area contributed by atoms with Crippen molar-refractivity contribution in [2.24, 2.45) is 10.7 Å². The van der Waals surface area contributed by atoms with Crippen molar-refractivity contribution in [3.05, 3.63) is 83.9 Å². The number of fused-ring (bicyclic) bond motifs is 1. The van der Waals surface area contributed by atoms with E-state index in [9.17, 15) is 13.2 Å². The molecule has 0 spiro atoms. The fourth-order valence-electron chi connectivity index (χ4n) is 3.09. The fourth-order valence-corrected chi connectivity index (χ4v) is 4.56. The third-order valence-electron chi connectivity index (χ3n) is 4.68. The molecule has 0 atom stereocenters. The third kappa shape index (κ3) is 3.58. The predicted octanol–water partition coefficient (Wildman–Crippen LogP) is 2.67. The van der Waals surface area contributed by atoms with Crippen LogP contribution in [0.25, 0.3) is 0 Å². The number of aliphatic imine (C=N–C) groups is 1. The van der Waals surface area contributed by atoms with Crippen LogP contribution in [-0.2, 0) is 16.6 Å². The van der Waals surface area contributed by atoms with Gasteiger partial charge in [-0.15, -0.1) is 0 Å². The van der Waals surface area contributed by atoms with Crippen molar-refractivity contribution in [2.75, 3.05) is 11.1 Å². The van der Waals surface area contributed by atoms with Crippen LogP contribution in [0.1, 0.15) is 15.9 Å². The number of nitrogen functional groups attached to an aromatic ring is 1. The van der Waals surface area contributed by atoms with Gasteiger partial charge in [0, 0.05) is 5.56 Å². The molecule has 3 aromatic carbocycles. The highest BCUT2D eigenvalue weighted by atomic mass is 32.2. The van der Waals surface area contributed by atoms with Crippen molar-refractivity contribution in [1.82, 2.24) is 4.31 Å². The number of nitrogens with one attached hydrogen (secondary N) is 1. The molecule has 0 radical (unpaired) electrons. The standard InChI is InChI=1S/C21H19N5O3S/c22-16-5-1-2-6-17(16)24-20(27)15-11-9-14(10-12-15)13-26-21(23)25-18-7-3-4-8-19(18)30(26,28)29/h1-12H,13,22H2,(H2,23,25)(H,24,27). The van der Waals surface area contributed by atoms with Crippen molar-refractivity contribution >= 4 is 39.0 Å². The van der Waals surface area contributed by atoms with E-state index in [1.165, 1.54) is 6.07 Å². The fraction of sp³-hybridized carbons (Fsp3) is 0.0476. The van der Waals surface area contributed by atoms with Crippen LogP contribution < -0.4 is 16.8 Å². The molecule has 30 heavy (non-hydrogen) atoms. The molecule has 5 N–H and O–H groups in total. The zero-order chi connectivity index (χ0) is 21.3. The Morgan fingerprint density at radius 1 is 0.933 bits per heavy atom. The van der Waals surface area contributed by atoms with Crippen molar-refractivity contribution < 1.29 is 13.2 Å². The van der Waals surface area contributed by atoms with E-state index in [2.05, 4.69) is 10.3 Å². The van der Waals surface area contributed by atoms with Gasteiger partial charge in [-0.25, -0.2) is 17.7 Å². The summed E-state index contributed by atoms with van der Waals surface area (Å²) in [6.45, 7) is -0.000463. The van der Waals surface area contributed by atoms with Crippen LogP contribution in [0.15, 0.2) is 82.7 Å². The number of hydrogen-bond acceptors (Lipinski definition) is 6. The first-order valence-corrected chi connectivity index (χ1v) is 10.5. The molecule has 1 aliphatic heterocycles. The van der Waals surface area contributed by atoms with Gasteiger partial charge in [0.1, 0.15) is 4.90 Å². The number of amides is 1. The molecule has 0 aliphatic carbocycles. The highest BCUT2D eigenvalue weighted by molar-refractivity contribution is 7.89. The molecular weight excluding hydrogens is 402 g/mol. The number of nitrogens with two attached hydrogens (primary N) is 2. The number of para-hydroxylation sites is 3. The summed E-state index contributed by atoms with van der Waals surface area (Å²) in [5.74, 6) is -0.421. The molecule has 0 unspecified atom stereocenters. The van der Waals surface area contributed by atoms with E-state index in [4.69, 9.17) is 11.5 Å². The van der Waals surface area contributed by atoms with E-state index >= 15 is 0 Å². The second kappa shape index (κ2) is 7.53. The Morgan fingerprint density at radius 3 is 2.33 bits per heavy atom. The lowest BCUT2D eigenvalue weighted by atomic mass is 10.1. The lowest BCUT2D eigenvalue weighted by Crippen LogP contribution is -2.43. The molecule has 9 heteroatoms. The Bertz CT molecular complexity index is 1250. The van der Waals surface area contributed by atoms with Crippen LogP contribution in [0.4, 0.5) is 17.1 Å². The van der Waals surface area contributed by atoms with Crippen molar-refractivity contribution in [3.8, 4) is 0 Å². The Morgan fingerprint density at radius 2 is 1.60 bits per heavy atom. The van der Waals surface area contributed by atoms with Crippen LogP contribution in [0.3, 0.4) is 0 Å².